The van der Waals surface area contributed by atoms with Crippen molar-refractivity contribution in [1.29, 1.82) is 0 Å². The van der Waals surface area contributed by atoms with E-state index in [0.29, 0.717) is 6.42 Å². The third kappa shape index (κ3) is 4.44. The highest BCUT2D eigenvalue weighted by molar-refractivity contribution is 8.01. The van der Waals surface area contributed by atoms with E-state index in [1.807, 2.05) is 24.3 Å². The smallest absolute Gasteiger partial charge is 0.308 e. The molecule has 0 radical (unpaired) electrons. The summed E-state index contributed by atoms with van der Waals surface area (Å²) < 4.78 is 1.94. The lowest BCUT2D eigenvalue weighted by atomic mass is 10.1. The van der Waals surface area contributed by atoms with Gasteiger partial charge in [0.05, 0.1) is 21.9 Å². The number of carbonyl (C=O) groups is 2. The van der Waals surface area contributed by atoms with Gasteiger partial charge in [-0.05, 0) is 18.6 Å². The van der Waals surface area contributed by atoms with E-state index < -0.39 is 11.9 Å². The van der Waals surface area contributed by atoms with Crippen LogP contribution >= 0.6 is 23.1 Å². The van der Waals surface area contributed by atoms with Gasteiger partial charge in [0.15, 0.2) is 4.34 Å². The number of thioether (sulfide) groups is 1. The van der Waals surface area contributed by atoms with E-state index in [1.165, 1.54) is 11.8 Å². The molecule has 1 amide bonds. The number of nitrogens with one attached hydrogen (secondary N) is 1. The number of para-hydroxylation sites is 1. The van der Waals surface area contributed by atoms with E-state index >= 15 is 0 Å². The Morgan fingerprint density at radius 3 is 2.86 bits per heavy atom. The lowest BCUT2D eigenvalue weighted by Crippen LogP contribution is -2.33. The van der Waals surface area contributed by atoms with E-state index in [4.69, 9.17) is 5.11 Å². The van der Waals surface area contributed by atoms with Gasteiger partial charge in [0.1, 0.15) is 0 Å². The monoisotopic (exact) mass is 324 g/mol. The van der Waals surface area contributed by atoms with Crippen LogP contribution in [0.4, 0.5) is 0 Å². The van der Waals surface area contributed by atoms with Gasteiger partial charge in [0.2, 0.25) is 5.91 Å². The second-order valence-electron chi connectivity index (χ2n) is 4.48. The quantitative estimate of drug-likeness (QED) is 0.765. The van der Waals surface area contributed by atoms with Crippen LogP contribution in [0, 0.1) is 5.92 Å². The minimum absolute atomic E-state index is 0.168. The van der Waals surface area contributed by atoms with Gasteiger partial charge < -0.3 is 10.4 Å². The number of benzene rings is 1. The third-order valence-electron chi connectivity index (χ3n) is 2.99. The zero-order valence-corrected chi connectivity index (χ0v) is 13.2. The van der Waals surface area contributed by atoms with E-state index in [1.54, 1.807) is 18.3 Å². The van der Waals surface area contributed by atoms with Crippen LogP contribution < -0.4 is 5.32 Å². The Bertz CT molecular complexity index is 609. The largest absolute Gasteiger partial charge is 0.481 e. The molecule has 0 spiro atoms. The fourth-order valence-corrected chi connectivity index (χ4v) is 3.63. The van der Waals surface area contributed by atoms with Crippen LogP contribution in [0.25, 0.3) is 10.2 Å². The van der Waals surface area contributed by atoms with Gasteiger partial charge in [-0.15, -0.1) is 11.3 Å². The molecule has 1 heterocycles. The molecule has 7 heteroatoms. The average molecular weight is 324 g/mol. The highest BCUT2D eigenvalue weighted by atomic mass is 32.2. The van der Waals surface area contributed by atoms with Crippen LogP contribution in [0.3, 0.4) is 0 Å². The van der Waals surface area contributed by atoms with Gasteiger partial charge in [0.25, 0.3) is 0 Å². The van der Waals surface area contributed by atoms with E-state index in [-0.39, 0.29) is 18.2 Å². The number of hydrogen-bond donors (Lipinski definition) is 2. The van der Waals surface area contributed by atoms with Gasteiger partial charge in [-0.3, -0.25) is 9.59 Å². The van der Waals surface area contributed by atoms with Crippen LogP contribution in [-0.4, -0.2) is 34.3 Å². The van der Waals surface area contributed by atoms with Gasteiger partial charge in [-0.1, -0.05) is 30.8 Å². The molecule has 0 fully saturated rings. The second-order valence-corrected chi connectivity index (χ2v) is 6.74. The van der Waals surface area contributed by atoms with Crippen molar-refractivity contribution >= 4 is 45.2 Å². The summed E-state index contributed by atoms with van der Waals surface area (Å²) in [6.45, 7) is 1.96. The topological polar surface area (TPSA) is 79.3 Å². The lowest BCUT2D eigenvalue weighted by Gasteiger charge is -2.10. The van der Waals surface area contributed by atoms with Crippen LogP contribution in [0.5, 0.6) is 0 Å². The maximum atomic E-state index is 11.7. The number of thiazole rings is 1. The maximum Gasteiger partial charge on any atom is 0.308 e. The number of carbonyl (C=O) groups excluding carboxylic acids is 1. The fraction of sp³-hybridized carbons (Fsp3) is 0.357. The summed E-state index contributed by atoms with van der Waals surface area (Å²) in [5.74, 6) is -1.33. The number of rotatable bonds is 7. The summed E-state index contributed by atoms with van der Waals surface area (Å²) in [7, 11) is 0. The molecular formula is C14H16N2O3S2. The molecule has 112 valence electrons. The Labute approximate surface area is 130 Å². The van der Waals surface area contributed by atoms with Gasteiger partial charge in [-0.2, -0.15) is 0 Å². The van der Waals surface area contributed by atoms with Crippen molar-refractivity contribution in [2.24, 2.45) is 5.92 Å². The van der Waals surface area contributed by atoms with E-state index in [2.05, 4.69) is 10.3 Å². The standard InChI is InChI=1S/C14H16N2O3S2/c1-2-9(13(18)19)7-15-12(17)8-20-14-16-10-5-3-4-6-11(10)21-14/h3-6,9H,2,7-8H2,1H3,(H,15,17)(H,18,19). The van der Waals surface area contributed by atoms with Crippen molar-refractivity contribution in [3.8, 4) is 0 Å². The Morgan fingerprint density at radius 2 is 2.19 bits per heavy atom. The van der Waals surface area contributed by atoms with Crippen LogP contribution in [0.2, 0.25) is 0 Å². The van der Waals surface area contributed by atoms with Gasteiger partial charge in [0, 0.05) is 6.54 Å². The Morgan fingerprint density at radius 1 is 1.43 bits per heavy atom. The molecule has 0 aliphatic carbocycles. The number of hydrogen-bond acceptors (Lipinski definition) is 5. The molecule has 21 heavy (non-hydrogen) atoms. The predicted octanol–water partition coefficient (Wildman–Crippen LogP) is 2.62. The SMILES string of the molecule is CCC(CNC(=O)CSc1nc2ccccc2s1)C(=O)O. The molecule has 2 aromatic rings. The zero-order valence-electron chi connectivity index (χ0n) is 11.5. The Kier molecular flexibility index (Phi) is 5.58. The molecule has 0 saturated carbocycles. The number of aromatic nitrogens is 1. The van der Waals surface area contributed by atoms with Crippen molar-refractivity contribution in [2.75, 3.05) is 12.3 Å². The number of amides is 1. The Hall–Kier alpha value is -1.60. The molecule has 0 aliphatic rings. The summed E-state index contributed by atoms with van der Waals surface area (Å²) in [4.78, 5) is 27.0. The van der Waals surface area contributed by atoms with Gasteiger partial charge in [-0.25, -0.2) is 4.98 Å². The van der Waals surface area contributed by atoms with Crippen LogP contribution in [0.15, 0.2) is 28.6 Å². The first-order valence-electron chi connectivity index (χ1n) is 6.58. The molecular weight excluding hydrogens is 308 g/mol. The van der Waals surface area contributed by atoms with Crippen LogP contribution in [-0.2, 0) is 9.59 Å². The molecule has 1 aromatic heterocycles. The summed E-state index contributed by atoms with van der Waals surface area (Å²) >= 11 is 2.92. The number of nitrogens with zero attached hydrogens (tertiary/aromatic N) is 1. The third-order valence-corrected chi connectivity index (χ3v) is 5.17. The Balaban J connectivity index is 1.82. The molecule has 0 aliphatic heterocycles. The summed E-state index contributed by atoms with van der Waals surface area (Å²) in [6, 6.07) is 7.82. The van der Waals surface area contributed by atoms with Crippen LogP contribution in [0.1, 0.15) is 13.3 Å². The average Bonchev–Trinajstić information content (AvgIpc) is 2.88. The molecule has 1 aromatic carbocycles. The first kappa shape index (κ1) is 15.8. The number of aliphatic carboxylic acids is 1. The van der Waals surface area contributed by atoms with E-state index in [0.717, 1.165) is 14.6 Å². The highest BCUT2D eigenvalue weighted by Crippen LogP contribution is 2.28. The maximum absolute atomic E-state index is 11.7. The predicted molar refractivity (Wildman–Crippen MR) is 84.8 cm³/mol. The first-order chi connectivity index (χ1) is 10.1. The molecule has 1 atom stereocenters. The first-order valence-corrected chi connectivity index (χ1v) is 8.38. The van der Waals surface area contributed by atoms with E-state index in [9.17, 15) is 9.59 Å². The molecule has 1 unspecified atom stereocenters. The van der Waals surface area contributed by atoms with Gasteiger partial charge >= 0.3 is 5.97 Å². The zero-order chi connectivity index (χ0) is 15.2. The number of carboxylic acid groups (broad SMARTS) is 1. The van der Waals surface area contributed by atoms with Crippen molar-refractivity contribution < 1.29 is 14.7 Å². The minimum Gasteiger partial charge on any atom is -0.481 e. The normalized spacial score (nSPS) is 12.2. The molecule has 0 saturated heterocycles. The summed E-state index contributed by atoms with van der Waals surface area (Å²) in [5, 5.41) is 11.6. The summed E-state index contributed by atoms with van der Waals surface area (Å²) in [5.41, 5.74) is 0.933. The van der Waals surface area contributed by atoms with Crippen molar-refractivity contribution in [1.82, 2.24) is 10.3 Å². The fourth-order valence-electron chi connectivity index (χ4n) is 1.73. The van der Waals surface area contributed by atoms with Crippen molar-refractivity contribution in [2.45, 2.75) is 17.7 Å². The summed E-state index contributed by atoms with van der Waals surface area (Å²) in [6.07, 6.45) is 0.501. The molecule has 0 bridgehead atoms. The molecule has 5 nitrogen and oxygen atoms in total. The number of fused-ring (bicyclic) bond motifs is 1. The van der Waals surface area contributed by atoms with Crippen molar-refractivity contribution in [3.05, 3.63) is 24.3 Å². The highest BCUT2D eigenvalue weighted by Gasteiger charge is 2.16. The molecule has 2 rings (SSSR count). The minimum atomic E-state index is -0.878. The lowest BCUT2D eigenvalue weighted by molar-refractivity contribution is -0.141. The molecule has 2 N–H and O–H groups in total. The van der Waals surface area contributed by atoms with Crippen molar-refractivity contribution in [3.63, 3.8) is 0 Å². The number of carboxylic acids is 1. The second kappa shape index (κ2) is 7.42.